The summed E-state index contributed by atoms with van der Waals surface area (Å²) in [7, 11) is 1.57. The molecule has 7 nitrogen and oxygen atoms in total. The van der Waals surface area contributed by atoms with Crippen molar-refractivity contribution in [1.82, 2.24) is 14.9 Å². The summed E-state index contributed by atoms with van der Waals surface area (Å²) in [6.45, 7) is 3.99. The lowest BCUT2D eigenvalue weighted by molar-refractivity contribution is 0.284. The normalized spacial score (nSPS) is 11.0. The van der Waals surface area contributed by atoms with Gasteiger partial charge in [-0.25, -0.2) is 0 Å². The third kappa shape index (κ3) is 4.34. The number of nitrogens with one attached hydrogen (secondary N) is 1. The SMILES string of the molecule is COc1cccc(/C=N/n2c(=S)[nH]nc(C)c2=O)c1OCc1cccc(C)c1. The van der Waals surface area contributed by atoms with Gasteiger partial charge in [0.2, 0.25) is 4.77 Å². The van der Waals surface area contributed by atoms with E-state index in [1.54, 1.807) is 20.1 Å². The first-order valence-corrected chi connectivity index (χ1v) is 8.98. The molecule has 3 aromatic rings. The van der Waals surface area contributed by atoms with Crippen LogP contribution in [0.2, 0.25) is 0 Å². The molecule has 2 aromatic carbocycles. The fraction of sp³-hybridized carbons (Fsp3) is 0.200. The number of aromatic nitrogens is 3. The molecule has 1 N–H and O–H groups in total. The molecule has 0 bridgehead atoms. The first kappa shape index (κ1) is 19.5. The van der Waals surface area contributed by atoms with Crippen LogP contribution in [0.3, 0.4) is 0 Å². The van der Waals surface area contributed by atoms with Crippen LogP contribution < -0.4 is 15.0 Å². The van der Waals surface area contributed by atoms with Crippen molar-refractivity contribution in [2.45, 2.75) is 20.5 Å². The third-order valence-electron chi connectivity index (χ3n) is 4.02. The highest BCUT2D eigenvalue weighted by molar-refractivity contribution is 7.71. The Hall–Kier alpha value is -3.26. The number of hydrogen-bond donors (Lipinski definition) is 1. The van der Waals surface area contributed by atoms with Crippen LogP contribution in [0.1, 0.15) is 22.4 Å². The van der Waals surface area contributed by atoms with Gasteiger partial charge in [0, 0.05) is 5.56 Å². The van der Waals surface area contributed by atoms with Crippen molar-refractivity contribution in [3.8, 4) is 11.5 Å². The van der Waals surface area contributed by atoms with Crippen molar-refractivity contribution < 1.29 is 9.47 Å². The molecule has 0 aliphatic heterocycles. The summed E-state index contributed by atoms with van der Waals surface area (Å²) < 4.78 is 12.6. The molecule has 144 valence electrons. The Balaban J connectivity index is 1.95. The molecule has 0 radical (unpaired) electrons. The molecule has 0 aliphatic carbocycles. The topological polar surface area (TPSA) is 81.5 Å². The molecule has 0 atom stereocenters. The van der Waals surface area contributed by atoms with Crippen molar-refractivity contribution >= 4 is 18.4 Å². The molecule has 0 aliphatic rings. The molecule has 0 amide bonds. The van der Waals surface area contributed by atoms with Crippen LogP contribution in [0.15, 0.2) is 52.4 Å². The van der Waals surface area contributed by atoms with Crippen LogP contribution in [-0.4, -0.2) is 28.2 Å². The number of rotatable bonds is 6. The van der Waals surface area contributed by atoms with Crippen molar-refractivity contribution in [2.24, 2.45) is 5.10 Å². The molecule has 28 heavy (non-hydrogen) atoms. The summed E-state index contributed by atoms with van der Waals surface area (Å²) in [4.78, 5) is 12.2. The van der Waals surface area contributed by atoms with Gasteiger partial charge in [0.15, 0.2) is 11.5 Å². The number of ether oxygens (including phenoxy) is 2. The van der Waals surface area contributed by atoms with E-state index in [1.807, 2.05) is 37.3 Å². The van der Waals surface area contributed by atoms with Crippen molar-refractivity contribution in [3.63, 3.8) is 0 Å². The van der Waals surface area contributed by atoms with Crippen molar-refractivity contribution in [1.29, 1.82) is 0 Å². The van der Waals surface area contributed by atoms with Crippen LogP contribution >= 0.6 is 12.2 Å². The van der Waals surface area contributed by atoms with Crippen LogP contribution in [0, 0.1) is 18.6 Å². The van der Waals surface area contributed by atoms with Gasteiger partial charge in [-0.2, -0.15) is 14.9 Å². The van der Waals surface area contributed by atoms with E-state index in [0.717, 1.165) is 15.8 Å². The van der Waals surface area contributed by atoms with Gasteiger partial charge in [-0.1, -0.05) is 35.9 Å². The van der Waals surface area contributed by atoms with Gasteiger partial charge in [-0.15, -0.1) is 0 Å². The summed E-state index contributed by atoms with van der Waals surface area (Å²) >= 11 is 5.10. The number of nitrogens with zero attached hydrogens (tertiary/aromatic N) is 3. The minimum atomic E-state index is -0.384. The largest absolute Gasteiger partial charge is 0.493 e. The lowest BCUT2D eigenvalue weighted by atomic mass is 10.1. The first-order valence-electron chi connectivity index (χ1n) is 8.57. The van der Waals surface area contributed by atoms with Crippen LogP contribution in [-0.2, 0) is 6.61 Å². The van der Waals surface area contributed by atoms with Crippen molar-refractivity contribution in [2.75, 3.05) is 7.11 Å². The lowest BCUT2D eigenvalue weighted by Crippen LogP contribution is -2.22. The molecule has 1 heterocycles. The van der Waals surface area contributed by atoms with Gasteiger partial charge in [0.05, 0.1) is 13.3 Å². The second kappa shape index (κ2) is 8.62. The number of hydrogen-bond acceptors (Lipinski definition) is 6. The fourth-order valence-electron chi connectivity index (χ4n) is 2.60. The van der Waals surface area contributed by atoms with E-state index in [0.29, 0.717) is 23.7 Å². The van der Waals surface area contributed by atoms with E-state index < -0.39 is 0 Å². The Morgan fingerprint density at radius 3 is 2.79 bits per heavy atom. The molecule has 0 fully saturated rings. The fourth-order valence-corrected chi connectivity index (χ4v) is 2.78. The Labute approximate surface area is 167 Å². The third-order valence-corrected chi connectivity index (χ3v) is 4.28. The van der Waals surface area contributed by atoms with Crippen molar-refractivity contribution in [3.05, 3.63) is 80.0 Å². The summed E-state index contributed by atoms with van der Waals surface area (Å²) in [5.41, 5.74) is 2.74. The van der Waals surface area contributed by atoms with Crippen LogP contribution in [0.5, 0.6) is 11.5 Å². The number of para-hydroxylation sites is 1. The Bertz CT molecular complexity index is 1130. The Morgan fingerprint density at radius 1 is 1.25 bits per heavy atom. The molecule has 0 saturated carbocycles. The second-order valence-corrected chi connectivity index (χ2v) is 6.52. The number of aromatic amines is 1. The van der Waals surface area contributed by atoms with Gasteiger partial charge in [0.25, 0.3) is 5.56 Å². The average molecular weight is 396 g/mol. The van der Waals surface area contributed by atoms with E-state index in [1.165, 1.54) is 6.21 Å². The number of benzene rings is 2. The summed E-state index contributed by atoms with van der Waals surface area (Å²) in [5.74, 6) is 1.10. The second-order valence-electron chi connectivity index (χ2n) is 6.13. The zero-order chi connectivity index (χ0) is 20.1. The quantitative estimate of drug-likeness (QED) is 0.510. The average Bonchev–Trinajstić information content (AvgIpc) is 2.69. The van der Waals surface area contributed by atoms with E-state index in [4.69, 9.17) is 21.7 Å². The minimum Gasteiger partial charge on any atom is -0.493 e. The summed E-state index contributed by atoms with van der Waals surface area (Å²) in [5, 5.41) is 10.6. The highest BCUT2D eigenvalue weighted by Gasteiger charge is 2.10. The Kier molecular flexibility index (Phi) is 6.00. The molecule has 0 spiro atoms. The predicted octanol–water partition coefficient (Wildman–Crippen LogP) is 3.39. The molecule has 3 rings (SSSR count). The van der Waals surface area contributed by atoms with Gasteiger partial charge in [0.1, 0.15) is 12.3 Å². The standard InChI is InChI=1S/C20H20N4O3S/c1-13-6-4-7-15(10-13)12-27-18-16(8-5-9-17(18)26-3)11-21-24-19(25)14(2)22-23-20(24)28/h4-11H,12H2,1-3H3,(H,23,28)/b21-11+. The molecular formula is C20H20N4O3S. The maximum absolute atomic E-state index is 12.2. The molecule has 1 aromatic heterocycles. The highest BCUT2D eigenvalue weighted by Crippen LogP contribution is 2.31. The van der Waals surface area contributed by atoms with Gasteiger partial charge < -0.3 is 9.47 Å². The Morgan fingerprint density at radius 2 is 2.04 bits per heavy atom. The van der Waals surface area contributed by atoms with E-state index in [-0.39, 0.29) is 16.0 Å². The highest BCUT2D eigenvalue weighted by atomic mass is 32.1. The monoisotopic (exact) mass is 396 g/mol. The predicted molar refractivity (Wildman–Crippen MR) is 110 cm³/mol. The van der Waals surface area contributed by atoms with E-state index >= 15 is 0 Å². The maximum atomic E-state index is 12.2. The maximum Gasteiger partial charge on any atom is 0.296 e. The lowest BCUT2D eigenvalue weighted by Gasteiger charge is -2.13. The molecule has 0 unspecified atom stereocenters. The van der Waals surface area contributed by atoms with Crippen LogP contribution in [0.25, 0.3) is 0 Å². The minimum absolute atomic E-state index is 0.108. The zero-order valence-electron chi connectivity index (χ0n) is 15.8. The van der Waals surface area contributed by atoms with Crippen LogP contribution in [0.4, 0.5) is 0 Å². The zero-order valence-corrected chi connectivity index (χ0v) is 16.6. The summed E-state index contributed by atoms with van der Waals surface area (Å²) in [6, 6.07) is 13.5. The number of aryl methyl sites for hydroxylation is 2. The van der Waals surface area contributed by atoms with E-state index in [2.05, 4.69) is 21.4 Å². The number of H-pyrrole nitrogens is 1. The molecular weight excluding hydrogens is 376 g/mol. The molecule has 0 saturated heterocycles. The molecule has 8 heteroatoms. The number of methoxy groups -OCH3 is 1. The summed E-state index contributed by atoms with van der Waals surface area (Å²) in [6.07, 6.45) is 1.51. The van der Waals surface area contributed by atoms with Gasteiger partial charge in [-0.3, -0.25) is 9.89 Å². The van der Waals surface area contributed by atoms with Gasteiger partial charge in [-0.05, 0) is 43.8 Å². The first-order chi connectivity index (χ1) is 13.5. The van der Waals surface area contributed by atoms with Gasteiger partial charge >= 0.3 is 0 Å². The van der Waals surface area contributed by atoms with E-state index in [9.17, 15) is 4.79 Å². The smallest absolute Gasteiger partial charge is 0.296 e.